The fraction of sp³-hybridized carbons (Fsp3) is 0.231. The minimum Gasteiger partial charge on any atom is -0.473 e. The van der Waals surface area contributed by atoms with E-state index in [-0.39, 0.29) is 6.54 Å². The first kappa shape index (κ1) is 22.7. The van der Waals surface area contributed by atoms with Crippen LogP contribution in [0.4, 0.5) is 5.69 Å². The lowest BCUT2D eigenvalue weighted by molar-refractivity contribution is -0.175. The molecule has 0 aliphatic carbocycles. The van der Waals surface area contributed by atoms with Crippen molar-refractivity contribution in [1.29, 1.82) is 0 Å². The summed E-state index contributed by atoms with van der Waals surface area (Å²) in [6, 6.07) is 24.6. The van der Waals surface area contributed by atoms with E-state index in [1.54, 1.807) is 29.3 Å². The van der Waals surface area contributed by atoms with E-state index >= 15 is 0 Å². The predicted octanol–water partition coefficient (Wildman–Crippen LogP) is 5.09. The van der Waals surface area contributed by atoms with E-state index in [1.807, 2.05) is 54.6 Å². The van der Waals surface area contributed by atoms with Crippen LogP contribution in [-0.2, 0) is 27.2 Å². The van der Waals surface area contributed by atoms with Gasteiger partial charge in [0, 0.05) is 11.1 Å². The molecule has 0 spiro atoms. The van der Waals surface area contributed by atoms with Gasteiger partial charge in [-0.05, 0) is 55.0 Å². The van der Waals surface area contributed by atoms with Gasteiger partial charge in [-0.2, -0.15) is 0 Å². The topological polar surface area (TPSA) is 76.1 Å². The van der Waals surface area contributed by atoms with Gasteiger partial charge in [0.1, 0.15) is 5.60 Å². The first-order valence-corrected chi connectivity index (χ1v) is 11.1. The van der Waals surface area contributed by atoms with E-state index in [0.717, 1.165) is 16.8 Å². The number of anilines is 1. The first-order valence-electron chi connectivity index (χ1n) is 10.7. The summed E-state index contributed by atoms with van der Waals surface area (Å²) in [7, 11) is 0. The number of halogens is 1. The van der Waals surface area contributed by atoms with Crippen LogP contribution in [0.25, 0.3) is 0 Å². The molecule has 0 aromatic heterocycles. The molecule has 1 N–H and O–H groups in total. The van der Waals surface area contributed by atoms with Gasteiger partial charge in [0.05, 0.1) is 12.2 Å². The summed E-state index contributed by atoms with van der Waals surface area (Å²) in [5.41, 5.74) is 1.87. The molecule has 33 heavy (non-hydrogen) atoms. The molecule has 170 valence electrons. The second-order valence-corrected chi connectivity index (χ2v) is 8.51. The number of hydrogen-bond donors (Lipinski definition) is 1. The maximum atomic E-state index is 12.2. The number of esters is 1. The number of fused-ring (bicyclic) bond motifs is 1. The number of benzene rings is 3. The molecule has 1 unspecified atom stereocenters. The summed E-state index contributed by atoms with van der Waals surface area (Å²) in [6.45, 7) is 0.169. The van der Waals surface area contributed by atoms with Crippen LogP contribution in [0.5, 0.6) is 5.75 Å². The Balaban J connectivity index is 1.68. The maximum Gasteiger partial charge on any atom is 0.417 e. The summed E-state index contributed by atoms with van der Waals surface area (Å²) in [4.78, 5) is 29.8. The van der Waals surface area contributed by atoms with Gasteiger partial charge in [0.25, 0.3) is 0 Å². The Labute approximate surface area is 197 Å². The van der Waals surface area contributed by atoms with Crippen LogP contribution in [-0.4, -0.2) is 29.2 Å². The van der Waals surface area contributed by atoms with Crippen molar-refractivity contribution in [2.75, 3.05) is 11.6 Å². The lowest BCUT2D eigenvalue weighted by atomic mass is 9.89. The smallest absolute Gasteiger partial charge is 0.417 e. The second-order valence-electron chi connectivity index (χ2n) is 8.08. The molecule has 1 heterocycles. The van der Waals surface area contributed by atoms with Crippen molar-refractivity contribution >= 4 is 29.2 Å². The molecule has 0 saturated carbocycles. The Kier molecular flexibility index (Phi) is 6.84. The molecular weight excluding hydrogens is 442 g/mol. The van der Waals surface area contributed by atoms with E-state index in [2.05, 4.69) is 0 Å². The zero-order valence-corrected chi connectivity index (χ0v) is 18.7. The quantitative estimate of drug-likeness (QED) is 0.404. The number of rotatable bonds is 6. The van der Waals surface area contributed by atoms with E-state index < -0.39 is 17.5 Å². The highest BCUT2D eigenvalue weighted by atomic mass is 35.5. The van der Waals surface area contributed by atoms with Gasteiger partial charge in [-0.1, -0.05) is 66.2 Å². The normalized spacial score (nSPS) is 17.5. The molecule has 4 rings (SSSR count). The van der Waals surface area contributed by atoms with E-state index in [1.165, 1.54) is 0 Å². The molecule has 1 aliphatic rings. The van der Waals surface area contributed by atoms with Crippen LogP contribution in [0.15, 0.2) is 78.9 Å². The maximum absolute atomic E-state index is 12.2. The van der Waals surface area contributed by atoms with Crippen LogP contribution < -0.4 is 9.90 Å². The Hall–Kier alpha value is -3.51. The monoisotopic (exact) mass is 465 g/mol. The number of carbonyl (C=O) groups excluding carboxylic acids is 1. The zero-order valence-electron chi connectivity index (χ0n) is 17.9. The molecule has 0 amide bonds. The van der Waals surface area contributed by atoms with Crippen molar-refractivity contribution in [2.24, 2.45) is 0 Å². The predicted molar refractivity (Wildman–Crippen MR) is 125 cm³/mol. The highest BCUT2D eigenvalue weighted by molar-refractivity contribution is 6.30. The standard InChI is InChI=1S/C26H24ClNO5/c27-21-10-6-11-22(17-21)33-28-18-26(32-25(31)24(29)30,15-13-19-7-2-1-3-8-19)16-14-20-9-4-5-12-23(20)28/h1-12,17H,13-16,18H2,(H,29,30). The van der Waals surface area contributed by atoms with Crippen LogP contribution in [0, 0.1) is 0 Å². The molecule has 0 saturated heterocycles. The fourth-order valence-electron chi connectivity index (χ4n) is 4.08. The number of aryl methyl sites for hydroxylation is 2. The lowest BCUT2D eigenvalue weighted by Crippen LogP contribution is -2.48. The molecule has 1 aliphatic heterocycles. The average molecular weight is 466 g/mol. The third-order valence-corrected chi connectivity index (χ3v) is 5.98. The van der Waals surface area contributed by atoms with Crippen molar-refractivity contribution in [3.63, 3.8) is 0 Å². The number of nitrogens with zero attached hydrogens (tertiary/aromatic N) is 1. The molecule has 1 atom stereocenters. The summed E-state index contributed by atoms with van der Waals surface area (Å²) in [5, 5.41) is 11.5. The van der Waals surface area contributed by atoms with E-state index in [0.29, 0.717) is 36.5 Å². The largest absolute Gasteiger partial charge is 0.473 e. The van der Waals surface area contributed by atoms with Crippen LogP contribution in [0.2, 0.25) is 5.02 Å². The number of para-hydroxylation sites is 1. The molecule has 0 fully saturated rings. The minimum atomic E-state index is -1.61. The average Bonchev–Trinajstić information content (AvgIpc) is 2.96. The van der Waals surface area contributed by atoms with Crippen molar-refractivity contribution in [3.8, 4) is 5.75 Å². The Morgan fingerprint density at radius 3 is 2.52 bits per heavy atom. The van der Waals surface area contributed by atoms with Gasteiger partial charge in [-0.3, -0.25) is 0 Å². The molecule has 3 aromatic carbocycles. The Morgan fingerprint density at radius 1 is 1.00 bits per heavy atom. The van der Waals surface area contributed by atoms with Gasteiger partial charge < -0.3 is 14.7 Å². The van der Waals surface area contributed by atoms with Crippen molar-refractivity contribution in [1.82, 2.24) is 0 Å². The molecule has 0 bridgehead atoms. The van der Waals surface area contributed by atoms with Gasteiger partial charge in [-0.25, -0.2) is 14.7 Å². The van der Waals surface area contributed by atoms with Gasteiger partial charge in [0.15, 0.2) is 5.75 Å². The fourth-order valence-corrected chi connectivity index (χ4v) is 4.26. The second kappa shape index (κ2) is 9.96. The number of hydrogen-bond acceptors (Lipinski definition) is 5. The molecular formula is C26H24ClNO5. The van der Waals surface area contributed by atoms with Gasteiger partial charge >= 0.3 is 11.9 Å². The van der Waals surface area contributed by atoms with Crippen LogP contribution in [0.1, 0.15) is 24.0 Å². The van der Waals surface area contributed by atoms with Gasteiger partial charge in [-0.15, -0.1) is 0 Å². The van der Waals surface area contributed by atoms with Gasteiger partial charge in [0.2, 0.25) is 0 Å². The number of carboxylic acids is 1. The lowest BCUT2D eigenvalue weighted by Gasteiger charge is -2.36. The summed E-state index contributed by atoms with van der Waals surface area (Å²) in [5.74, 6) is -2.35. The summed E-state index contributed by atoms with van der Waals surface area (Å²) >= 11 is 6.14. The van der Waals surface area contributed by atoms with Crippen molar-refractivity contribution in [3.05, 3.63) is 95.0 Å². The van der Waals surface area contributed by atoms with E-state index in [4.69, 9.17) is 21.2 Å². The molecule has 7 heteroatoms. The van der Waals surface area contributed by atoms with Crippen LogP contribution >= 0.6 is 11.6 Å². The SMILES string of the molecule is O=C(O)C(=O)OC1(CCc2ccccc2)CCc2ccccc2N(Oc2cccc(Cl)c2)C1. The molecule has 3 aromatic rings. The van der Waals surface area contributed by atoms with Crippen molar-refractivity contribution < 1.29 is 24.3 Å². The molecule has 0 radical (unpaired) electrons. The Morgan fingerprint density at radius 2 is 1.76 bits per heavy atom. The number of carboxylic acid groups (broad SMARTS) is 1. The zero-order chi connectivity index (χ0) is 23.3. The van der Waals surface area contributed by atoms with Crippen LogP contribution in [0.3, 0.4) is 0 Å². The number of ether oxygens (including phenoxy) is 1. The minimum absolute atomic E-state index is 0.169. The Bertz CT molecular complexity index is 1140. The van der Waals surface area contributed by atoms with Crippen molar-refractivity contribution in [2.45, 2.75) is 31.3 Å². The number of hydroxylamine groups is 1. The third-order valence-electron chi connectivity index (χ3n) is 5.75. The highest BCUT2D eigenvalue weighted by Crippen LogP contribution is 2.36. The number of carbonyl (C=O) groups is 2. The number of aliphatic carboxylic acids is 1. The molecule has 6 nitrogen and oxygen atoms in total. The van der Waals surface area contributed by atoms with E-state index in [9.17, 15) is 14.7 Å². The summed E-state index contributed by atoms with van der Waals surface area (Å²) < 4.78 is 5.68. The summed E-state index contributed by atoms with van der Waals surface area (Å²) in [6.07, 6.45) is 2.13. The third kappa shape index (κ3) is 5.65. The first-order chi connectivity index (χ1) is 15.9. The highest BCUT2D eigenvalue weighted by Gasteiger charge is 2.41.